The highest BCUT2D eigenvalue weighted by molar-refractivity contribution is 5.88. The number of hydrogen-bond donors (Lipinski definition) is 3. The van der Waals surface area contributed by atoms with Gasteiger partial charge < -0.3 is 29.4 Å². The average Bonchev–Trinajstić information content (AvgIpc) is 3.74. The number of rotatable bonds is 4. The number of halogens is 1. The van der Waals surface area contributed by atoms with E-state index in [0.717, 1.165) is 6.42 Å². The van der Waals surface area contributed by atoms with Crippen LogP contribution in [0.4, 0.5) is 4.39 Å². The second-order valence-corrected chi connectivity index (χ2v) is 12.1. The Balaban J connectivity index is 1.58. The molecular formula is C28H41FN2O7. The molecule has 38 heavy (non-hydrogen) atoms. The zero-order valence-electron chi connectivity index (χ0n) is 22.9. The van der Waals surface area contributed by atoms with Crippen LogP contribution in [0.1, 0.15) is 77.8 Å². The van der Waals surface area contributed by atoms with Gasteiger partial charge in [-0.3, -0.25) is 9.59 Å². The first-order valence-corrected chi connectivity index (χ1v) is 13.6. The minimum absolute atomic E-state index is 0.0869. The standard InChI is InChI=1S/C28H41FN2O7/c1-15-7-6-8-28(5)23(38-28)11-21(20(29)9-17-13-36-16(2)30-17)31-24(33)12-22(32)27(3,4)26(35)19(25(15)34)10-18-14-37-18/h9,13,15,18-19,21-23,25,32,34H,6-8,10-12,14H2,1-5H3,(H,31,33)/t15-,18?,19+,21-,22-,23?,25+,28?/m0/s1. The fourth-order valence-corrected chi connectivity index (χ4v) is 5.51. The Morgan fingerprint density at radius 3 is 2.63 bits per heavy atom. The summed E-state index contributed by atoms with van der Waals surface area (Å²) >= 11 is 0. The lowest BCUT2D eigenvalue weighted by atomic mass is 9.71. The Kier molecular flexibility index (Phi) is 8.47. The van der Waals surface area contributed by atoms with Gasteiger partial charge in [0.05, 0.1) is 54.5 Å². The van der Waals surface area contributed by atoms with Gasteiger partial charge in [-0.15, -0.1) is 0 Å². The molecule has 10 heteroatoms. The van der Waals surface area contributed by atoms with Crippen molar-refractivity contribution in [3.8, 4) is 0 Å². The van der Waals surface area contributed by atoms with E-state index < -0.39 is 53.3 Å². The number of fused-ring (bicyclic) bond motifs is 1. The van der Waals surface area contributed by atoms with E-state index in [4.69, 9.17) is 13.9 Å². The molecular weight excluding hydrogens is 495 g/mol. The van der Waals surface area contributed by atoms with Gasteiger partial charge in [0, 0.05) is 25.3 Å². The quantitative estimate of drug-likeness (QED) is 0.499. The van der Waals surface area contributed by atoms with Gasteiger partial charge in [0.1, 0.15) is 23.6 Å². The summed E-state index contributed by atoms with van der Waals surface area (Å²) in [6, 6.07) is -0.995. The lowest BCUT2D eigenvalue weighted by Crippen LogP contribution is -2.48. The van der Waals surface area contributed by atoms with Crippen molar-refractivity contribution in [3.63, 3.8) is 0 Å². The lowest BCUT2D eigenvalue weighted by Gasteiger charge is -2.36. The second-order valence-electron chi connectivity index (χ2n) is 12.1. The third-order valence-electron chi connectivity index (χ3n) is 8.51. The van der Waals surface area contributed by atoms with Crippen LogP contribution in [-0.4, -0.2) is 69.6 Å². The average molecular weight is 537 g/mol. The summed E-state index contributed by atoms with van der Waals surface area (Å²) in [5, 5.41) is 24.9. The molecule has 3 aliphatic heterocycles. The molecule has 1 amide bonds. The van der Waals surface area contributed by atoms with Crippen LogP contribution in [0, 0.1) is 24.2 Å². The van der Waals surface area contributed by atoms with Gasteiger partial charge in [0.2, 0.25) is 5.91 Å². The maximum absolute atomic E-state index is 15.4. The van der Waals surface area contributed by atoms with Crippen LogP contribution in [0.3, 0.4) is 0 Å². The molecule has 3 fully saturated rings. The first kappa shape index (κ1) is 28.9. The molecule has 3 N–H and O–H groups in total. The van der Waals surface area contributed by atoms with Gasteiger partial charge in [-0.25, -0.2) is 9.37 Å². The zero-order chi connectivity index (χ0) is 27.8. The summed E-state index contributed by atoms with van der Waals surface area (Å²) in [5.74, 6) is -1.99. The minimum atomic E-state index is -1.33. The third kappa shape index (κ3) is 6.70. The molecule has 0 radical (unpaired) electrons. The SMILES string of the molecule is Cc1nc(C=C(F)[C@@H]2CC3OC3(C)CCC[C@H](C)[C@@H](O)[C@@H](CC3CO3)C(=O)C(C)(C)[C@@H](O)CC(=O)N2)co1. The molecule has 0 aromatic carbocycles. The van der Waals surface area contributed by atoms with Gasteiger partial charge in [-0.2, -0.15) is 0 Å². The lowest BCUT2D eigenvalue weighted by molar-refractivity contribution is -0.144. The van der Waals surface area contributed by atoms with Crippen molar-refractivity contribution < 1.29 is 38.1 Å². The normalized spacial score (nSPS) is 38.8. The molecule has 1 aromatic heterocycles. The van der Waals surface area contributed by atoms with E-state index in [1.807, 2.05) is 13.8 Å². The van der Waals surface area contributed by atoms with Crippen LogP contribution in [0.2, 0.25) is 0 Å². The molecule has 3 saturated heterocycles. The van der Waals surface area contributed by atoms with E-state index in [1.54, 1.807) is 20.8 Å². The van der Waals surface area contributed by atoms with Gasteiger partial charge in [0.25, 0.3) is 0 Å². The van der Waals surface area contributed by atoms with E-state index in [9.17, 15) is 19.8 Å². The van der Waals surface area contributed by atoms with Crippen molar-refractivity contribution in [3.05, 3.63) is 23.7 Å². The van der Waals surface area contributed by atoms with E-state index in [-0.39, 0.29) is 30.3 Å². The monoisotopic (exact) mass is 536 g/mol. The third-order valence-corrected chi connectivity index (χ3v) is 8.51. The van der Waals surface area contributed by atoms with Crippen LogP contribution in [-0.2, 0) is 19.1 Å². The first-order chi connectivity index (χ1) is 17.8. The van der Waals surface area contributed by atoms with Gasteiger partial charge in [0.15, 0.2) is 5.89 Å². The summed E-state index contributed by atoms with van der Waals surface area (Å²) in [6.45, 7) is 9.26. The van der Waals surface area contributed by atoms with Crippen molar-refractivity contribution in [2.45, 2.75) is 109 Å². The Hall–Kier alpha value is -2.14. The van der Waals surface area contributed by atoms with E-state index in [2.05, 4.69) is 10.3 Å². The summed E-state index contributed by atoms with van der Waals surface area (Å²) < 4.78 is 31.9. The Morgan fingerprint density at radius 1 is 1.29 bits per heavy atom. The van der Waals surface area contributed by atoms with Crippen LogP contribution < -0.4 is 5.32 Å². The number of oxazole rings is 1. The largest absolute Gasteiger partial charge is 0.449 e. The fourth-order valence-electron chi connectivity index (χ4n) is 5.51. The molecule has 0 saturated carbocycles. The maximum Gasteiger partial charge on any atom is 0.223 e. The van der Waals surface area contributed by atoms with Crippen molar-refractivity contribution in [1.29, 1.82) is 0 Å². The minimum Gasteiger partial charge on any atom is -0.449 e. The summed E-state index contributed by atoms with van der Waals surface area (Å²) in [7, 11) is 0. The Bertz CT molecular complexity index is 1050. The number of aliphatic hydroxyl groups is 2. The predicted molar refractivity (Wildman–Crippen MR) is 136 cm³/mol. The number of amides is 1. The molecule has 3 aliphatic rings. The number of epoxide rings is 2. The van der Waals surface area contributed by atoms with Crippen LogP contribution >= 0.6 is 0 Å². The maximum atomic E-state index is 15.4. The molecule has 4 rings (SSSR count). The van der Waals surface area contributed by atoms with Gasteiger partial charge >= 0.3 is 0 Å². The number of aliphatic hydroxyl groups excluding tert-OH is 2. The van der Waals surface area contributed by atoms with Crippen LogP contribution in [0.15, 0.2) is 16.5 Å². The molecule has 4 heterocycles. The topological polar surface area (TPSA) is 138 Å². The summed E-state index contributed by atoms with van der Waals surface area (Å²) in [4.78, 5) is 30.8. The molecule has 8 atom stereocenters. The highest BCUT2D eigenvalue weighted by Gasteiger charge is 2.53. The summed E-state index contributed by atoms with van der Waals surface area (Å²) in [5.41, 5.74) is -1.48. The Labute approximate surface area is 223 Å². The number of hydrogen-bond acceptors (Lipinski definition) is 8. The molecule has 0 spiro atoms. The number of carbonyl (C=O) groups is 2. The highest BCUT2D eigenvalue weighted by Crippen LogP contribution is 2.45. The van der Waals surface area contributed by atoms with Crippen molar-refractivity contribution in [1.82, 2.24) is 10.3 Å². The number of nitrogens with zero attached hydrogens (tertiary/aromatic N) is 1. The number of Topliss-reactive ketones (excluding diaryl/α,β-unsaturated/α-hetero) is 1. The summed E-state index contributed by atoms with van der Waals surface area (Å²) in [6.07, 6.45) is 2.31. The molecule has 1 aromatic rings. The van der Waals surface area contributed by atoms with Crippen molar-refractivity contribution in [2.75, 3.05) is 6.61 Å². The Morgan fingerprint density at radius 2 is 2.00 bits per heavy atom. The molecule has 9 nitrogen and oxygen atoms in total. The smallest absolute Gasteiger partial charge is 0.223 e. The second kappa shape index (κ2) is 11.2. The van der Waals surface area contributed by atoms with Crippen molar-refractivity contribution in [2.24, 2.45) is 17.3 Å². The molecule has 212 valence electrons. The number of aryl methyl sites for hydroxylation is 1. The van der Waals surface area contributed by atoms with Gasteiger partial charge in [-0.1, -0.05) is 27.2 Å². The molecule has 0 aliphatic carbocycles. The zero-order valence-corrected chi connectivity index (χ0v) is 22.9. The van der Waals surface area contributed by atoms with Gasteiger partial charge in [-0.05, 0) is 32.1 Å². The molecule has 3 unspecified atom stereocenters. The first-order valence-electron chi connectivity index (χ1n) is 13.6. The van der Waals surface area contributed by atoms with Crippen LogP contribution in [0.25, 0.3) is 6.08 Å². The number of aromatic nitrogens is 1. The highest BCUT2D eigenvalue weighted by atomic mass is 19.1. The van der Waals surface area contributed by atoms with Crippen LogP contribution in [0.5, 0.6) is 0 Å². The van der Waals surface area contributed by atoms with E-state index in [0.29, 0.717) is 37.5 Å². The number of ether oxygens (including phenoxy) is 2. The van der Waals surface area contributed by atoms with E-state index >= 15 is 4.39 Å². The van der Waals surface area contributed by atoms with Crippen molar-refractivity contribution >= 4 is 17.8 Å². The predicted octanol–water partition coefficient (Wildman–Crippen LogP) is 3.26. The molecule has 0 bridgehead atoms. The fraction of sp³-hybridized carbons (Fsp3) is 0.750. The number of nitrogens with one attached hydrogen (secondary N) is 1. The number of ketones is 1. The number of carbonyl (C=O) groups excluding carboxylic acids is 2. The van der Waals surface area contributed by atoms with E-state index in [1.165, 1.54) is 12.3 Å².